The number of nitrogens with zero attached hydrogens (tertiary/aromatic N) is 5. The molecular formula is C30H33N5O2. The number of likely N-dealkylation sites (tertiary alicyclic amines) is 1. The van der Waals surface area contributed by atoms with Gasteiger partial charge in [-0.1, -0.05) is 54.6 Å². The van der Waals surface area contributed by atoms with Gasteiger partial charge in [0.2, 0.25) is 0 Å². The molecule has 190 valence electrons. The number of anilines is 3. The molecule has 0 aromatic heterocycles. The highest BCUT2D eigenvalue weighted by Gasteiger charge is 2.46. The lowest BCUT2D eigenvalue weighted by Gasteiger charge is -2.45. The molecule has 37 heavy (non-hydrogen) atoms. The number of carbonyl (C=O) groups excluding carboxylic acids is 2. The summed E-state index contributed by atoms with van der Waals surface area (Å²) in [7, 11) is 0. The van der Waals surface area contributed by atoms with Crippen LogP contribution in [0.25, 0.3) is 0 Å². The van der Waals surface area contributed by atoms with Crippen molar-refractivity contribution in [1.29, 1.82) is 0 Å². The second-order valence-electron chi connectivity index (χ2n) is 10.1. The summed E-state index contributed by atoms with van der Waals surface area (Å²) in [5, 5.41) is 0. The number of carbonyl (C=O) groups is 2. The lowest BCUT2D eigenvalue weighted by Crippen LogP contribution is -2.62. The van der Waals surface area contributed by atoms with Crippen LogP contribution in [0, 0.1) is 0 Å². The smallest absolute Gasteiger partial charge is 0.329 e. The molecule has 2 atom stereocenters. The first-order chi connectivity index (χ1) is 18.2. The monoisotopic (exact) mass is 495 g/mol. The zero-order valence-corrected chi connectivity index (χ0v) is 21.0. The van der Waals surface area contributed by atoms with Gasteiger partial charge in [-0.3, -0.25) is 4.90 Å². The van der Waals surface area contributed by atoms with Crippen LogP contribution in [-0.2, 0) is 0 Å². The fourth-order valence-electron chi connectivity index (χ4n) is 6.00. The molecule has 3 saturated heterocycles. The number of hydrogen-bond donors (Lipinski definition) is 0. The quantitative estimate of drug-likeness (QED) is 0.512. The third kappa shape index (κ3) is 4.61. The summed E-state index contributed by atoms with van der Waals surface area (Å²) in [6, 6.07) is 30.2. The Morgan fingerprint density at radius 2 is 1.11 bits per heavy atom. The van der Waals surface area contributed by atoms with E-state index in [1.807, 2.05) is 76.5 Å². The van der Waals surface area contributed by atoms with E-state index in [2.05, 4.69) is 34.1 Å². The molecule has 3 heterocycles. The van der Waals surface area contributed by atoms with Gasteiger partial charge in [-0.25, -0.2) is 9.59 Å². The maximum absolute atomic E-state index is 13.9. The Morgan fingerprint density at radius 3 is 1.62 bits per heavy atom. The van der Waals surface area contributed by atoms with E-state index in [1.165, 1.54) is 5.69 Å². The van der Waals surface area contributed by atoms with Crippen LogP contribution in [0.4, 0.5) is 26.7 Å². The number of hydrogen-bond acceptors (Lipinski definition) is 3. The minimum Gasteiger partial charge on any atom is -0.368 e. The standard InChI is InChI=1S/C30H33N5O2/c36-29(32-20-18-31(19-21-32)24-10-4-1-5-11-24)35-27-16-17-28(35)23-33(22-27)30(37)34(25-12-6-2-7-13-25)26-14-8-3-9-15-26/h1-15,27-28H,16-23H2/t27-,28+. The van der Waals surface area contributed by atoms with E-state index in [-0.39, 0.29) is 24.1 Å². The SMILES string of the molecule is O=C(N1C[C@H]2CC[C@@H](C1)N2C(=O)N1CCN(c2ccccc2)CC1)N(c1ccccc1)c1ccccc1. The van der Waals surface area contributed by atoms with E-state index in [0.717, 1.165) is 50.4 Å². The van der Waals surface area contributed by atoms with Gasteiger partial charge < -0.3 is 19.6 Å². The number of fused-ring (bicyclic) bond motifs is 2. The summed E-state index contributed by atoms with van der Waals surface area (Å²) in [6.45, 7) is 4.27. The Kier molecular flexibility index (Phi) is 6.43. The Morgan fingerprint density at radius 1 is 0.622 bits per heavy atom. The molecule has 2 bridgehead atoms. The van der Waals surface area contributed by atoms with Gasteiger partial charge in [0, 0.05) is 45.0 Å². The van der Waals surface area contributed by atoms with Crippen molar-refractivity contribution in [3.63, 3.8) is 0 Å². The molecule has 6 rings (SSSR count). The molecule has 0 spiro atoms. The molecule has 0 radical (unpaired) electrons. The van der Waals surface area contributed by atoms with Crippen LogP contribution in [-0.4, -0.2) is 78.1 Å². The van der Waals surface area contributed by atoms with E-state index < -0.39 is 0 Å². The molecular weight excluding hydrogens is 462 g/mol. The van der Waals surface area contributed by atoms with Crippen LogP contribution in [0.1, 0.15) is 12.8 Å². The zero-order chi connectivity index (χ0) is 25.2. The molecule has 0 saturated carbocycles. The van der Waals surface area contributed by atoms with Crippen LogP contribution in [0.15, 0.2) is 91.0 Å². The number of benzene rings is 3. The van der Waals surface area contributed by atoms with E-state index in [1.54, 1.807) is 4.90 Å². The number of amides is 4. The second-order valence-corrected chi connectivity index (χ2v) is 10.1. The maximum Gasteiger partial charge on any atom is 0.329 e. The molecule has 0 N–H and O–H groups in total. The summed E-state index contributed by atoms with van der Waals surface area (Å²) in [6.07, 6.45) is 1.89. The van der Waals surface area contributed by atoms with Crippen molar-refractivity contribution in [3.8, 4) is 0 Å². The molecule has 0 unspecified atom stereocenters. The normalized spacial score (nSPS) is 21.2. The lowest BCUT2D eigenvalue weighted by atomic mass is 10.2. The largest absolute Gasteiger partial charge is 0.368 e. The number of rotatable bonds is 3. The van der Waals surface area contributed by atoms with Crippen molar-refractivity contribution in [2.45, 2.75) is 24.9 Å². The third-order valence-electron chi connectivity index (χ3n) is 7.87. The van der Waals surface area contributed by atoms with Gasteiger partial charge in [-0.2, -0.15) is 0 Å². The topological polar surface area (TPSA) is 50.3 Å². The first kappa shape index (κ1) is 23.4. The Bertz CT molecular complexity index is 1160. The predicted molar refractivity (Wildman–Crippen MR) is 146 cm³/mol. The Labute approximate surface area is 218 Å². The van der Waals surface area contributed by atoms with Gasteiger partial charge in [-0.05, 0) is 49.2 Å². The van der Waals surface area contributed by atoms with Gasteiger partial charge in [0.15, 0.2) is 0 Å². The number of para-hydroxylation sites is 3. The van der Waals surface area contributed by atoms with Crippen molar-refractivity contribution >= 4 is 29.1 Å². The summed E-state index contributed by atoms with van der Waals surface area (Å²) >= 11 is 0. The summed E-state index contributed by atoms with van der Waals surface area (Å²) < 4.78 is 0. The Hall–Kier alpha value is -4.00. The molecule has 4 amide bonds. The molecule has 3 fully saturated rings. The van der Waals surface area contributed by atoms with Crippen LogP contribution in [0.3, 0.4) is 0 Å². The number of urea groups is 2. The van der Waals surface area contributed by atoms with Crippen molar-refractivity contribution in [2.75, 3.05) is 49.1 Å². The van der Waals surface area contributed by atoms with E-state index in [0.29, 0.717) is 13.1 Å². The highest BCUT2D eigenvalue weighted by atomic mass is 16.2. The summed E-state index contributed by atoms with van der Waals surface area (Å²) in [4.78, 5) is 37.7. The van der Waals surface area contributed by atoms with Crippen LogP contribution in [0.2, 0.25) is 0 Å². The first-order valence-corrected chi connectivity index (χ1v) is 13.3. The van der Waals surface area contributed by atoms with Crippen LogP contribution >= 0.6 is 0 Å². The first-order valence-electron chi connectivity index (χ1n) is 13.3. The molecule has 3 aliphatic heterocycles. The van der Waals surface area contributed by atoms with E-state index in [9.17, 15) is 9.59 Å². The van der Waals surface area contributed by atoms with Gasteiger partial charge >= 0.3 is 12.1 Å². The molecule has 7 nitrogen and oxygen atoms in total. The minimum absolute atomic E-state index is 0.0297. The predicted octanol–water partition coefficient (Wildman–Crippen LogP) is 5.04. The van der Waals surface area contributed by atoms with Gasteiger partial charge in [0.05, 0.1) is 23.5 Å². The maximum atomic E-state index is 13.9. The van der Waals surface area contributed by atoms with Crippen LogP contribution < -0.4 is 9.80 Å². The summed E-state index contributed by atoms with van der Waals surface area (Å²) in [5.41, 5.74) is 2.91. The molecule has 3 aromatic carbocycles. The second kappa shape index (κ2) is 10.2. The highest BCUT2D eigenvalue weighted by molar-refractivity contribution is 5.99. The number of piperazine rings is 2. The van der Waals surface area contributed by atoms with Gasteiger partial charge in [0.25, 0.3) is 0 Å². The lowest BCUT2D eigenvalue weighted by molar-refractivity contribution is 0.0809. The molecule has 0 aliphatic carbocycles. The van der Waals surface area contributed by atoms with E-state index >= 15 is 0 Å². The summed E-state index contributed by atoms with van der Waals surface area (Å²) in [5.74, 6) is 0. The van der Waals surface area contributed by atoms with Gasteiger partial charge in [-0.15, -0.1) is 0 Å². The fourth-order valence-corrected chi connectivity index (χ4v) is 6.00. The minimum atomic E-state index is -0.0297. The van der Waals surface area contributed by atoms with Crippen molar-refractivity contribution in [3.05, 3.63) is 91.0 Å². The third-order valence-corrected chi connectivity index (χ3v) is 7.87. The molecule has 3 aliphatic rings. The average molecular weight is 496 g/mol. The average Bonchev–Trinajstić information content (AvgIpc) is 3.23. The highest BCUT2D eigenvalue weighted by Crippen LogP contribution is 2.34. The van der Waals surface area contributed by atoms with Gasteiger partial charge in [0.1, 0.15) is 0 Å². The Balaban J connectivity index is 1.14. The van der Waals surface area contributed by atoms with Crippen molar-refractivity contribution < 1.29 is 9.59 Å². The van der Waals surface area contributed by atoms with Crippen molar-refractivity contribution in [2.24, 2.45) is 0 Å². The fraction of sp³-hybridized carbons (Fsp3) is 0.333. The molecule has 3 aromatic rings. The van der Waals surface area contributed by atoms with Crippen LogP contribution in [0.5, 0.6) is 0 Å². The van der Waals surface area contributed by atoms with E-state index in [4.69, 9.17) is 0 Å². The molecule has 7 heteroatoms. The zero-order valence-electron chi connectivity index (χ0n) is 21.0. The van der Waals surface area contributed by atoms with Crippen molar-refractivity contribution in [1.82, 2.24) is 14.7 Å².